The molecule has 0 saturated carbocycles. The Hall–Kier alpha value is -1.53. The van der Waals surface area contributed by atoms with Gasteiger partial charge in [-0.15, -0.1) is 0 Å². The molecule has 1 aromatic carbocycles. The number of amides is 1. The molecule has 1 fully saturated rings. The van der Waals surface area contributed by atoms with Gasteiger partial charge in [-0.05, 0) is 37.6 Å². The molecular formula is C15H20F2N2O2. The minimum atomic E-state index is -0.528. The molecule has 1 atom stereocenters. The summed E-state index contributed by atoms with van der Waals surface area (Å²) < 4.78 is 32.3. The number of nitrogens with two attached hydrogens (primary N) is 1. The van der Waals surface area contributed by atoms with Gasteiger partial charge in [0.1, 0.15) is 11.6 Å². The van der Waals surface area contributed by atoms with Crippen LogP contribution in [0.3, 0.4) is 0 Å². The Bertz CT molecular complexity index is 524. The largest absolute Gasteiger partial charge is 0.383 e. The van der Waals surface area contributed by atoms with Gasteiger partial charge in [0.25, 0.3) is 0 Å². The Labute approximate surface area is 122 Å². The summed E-state index contributed by atoms with van der Waals surface area (Å²) in [5, 5.41) is 0. The number of halogens is 2. The number of hydrogen-bond donors (Lipinski definition) is 1. The Morgan fingerprint density at radius 3 is 2.90 bits per heavy atom. The molecule has 6 heteroatoms. The Morgan fingerprint density at radius 2 is 2.24 bits per heavy atom. The van der Waals surface area contributed by atoms with E-state index in [2.05, 4.69) is 0 Å². The number of methoxy groups -OCH3 is 1. The summed E-state index contributed by atoms with van der Waals surface area (Å²) in [6.45, 7) is 1.28. The van der Waals surface area contributed by atoms with Crippen LogP contribution < -0.4 is 5.73 Å². The number of benzene rings is 1. The van der Waals surface area contributed by atoms with Gasteiger partial charge in [-0.3, -0.25) is 9.69 Å². The van der Waals surface area contributed by atoms with E-state index in [9.17, 15) is 13.6 Å². The molecule has 4 nitrogen and oxygen atoms in total. The third kappa shape index (κ3) is 3.57. The van der Waals surface area contributed by atoms with E-state index in [4.69, 9.17) is 10.5 Å². The van der Waals surface area contributed by atoms with Crippen LogP contribution in [-0.4, -0.2) is 36.6 Å². The van der Waals surface area contributed by atoms with Crippen LogP contribution in [0.4, 0.5) is 8.78 Å². The molecule has 0 aliphatic carbocycles. The summed E-state index contributed by atoms with van der Waals surface area (Å²) in [6, 6.07) is 3.40. The van der Waals surface area contributed by atoms with Gasteiger partial charge in [0, 0.05) is 25.6 Å². The first kappa shape index (κ1) is 15.9. The van der Waals surface area contributed by atoms with Crippen molar-refractivity contribution in [2.45, 2.75) is 31.3 Å². The van der Waals surface area contributed by atoms with Crippen LogP contribution in [0.25, 0.3) is 0 Å². The molecule has 2 rings (SSSR count). The van der Waals surface area contributed by atoms with Crippen LogP contribution in [0.1, 0.15) is 24.8 Å². The molecule has 1 aliphatic heterocycles. The molecular weight excluding hydrogens is 278 g/mol. The predicted octanol–water partition coefficient (Wildman–Crippen LogP) is 1.82. The van der Waals surface area contributed by atoms with Crippen molar-refractivity contribution < 1.29 is 18.3 Å². The van der Waals surface area contributed by atoms with Gasteiger partial charge in [-0.2, -0.15) is 0 Å². The number of likely N-dealkylation sites (tertiary alicyclic amines) is 1. The van der Waals surface area contributed by atoms with E-state index < -0.39 is 23.1 Å². The number of carbonyl (C=O) groups excluding carboxylic acids is 1. The number of nitrogens with zero attached hydrogens (tertiary/aromatic N) is 1. The number of hydrogen-bond acceptors (Lipinski definition) is 3. The SMILES string of the molecule is COC[C@]1(CC(N)=O)CCCN1Cc1cc(F)ccc1F. The first-order chi connectivity index (χ1) is 9.97. The maximum Gasteiger partial charge on any atom is 0.219 e. The van der Waals surface area contributed by atoms with Crippen molar-refractivity contribution in [1.29, 1.82) is 0 Å². The summed E-state index contributed by atoms with van der Waals surface area (Å²) >= 11 is 0. The molecule has 1 saturated heterocycles. The molecule has 1 aliphatic rings. The highest BCUT2D eigenvalue weighted by molar-refractivity contribution is 5.75. The number of ether oxygens (including phenoxy) is 1. The lowest BCUT2D eigenvalue weighted by Gasteiger charge is -2.37. The minimum absolute atomic E-state index is 0.151. The average Bonchev–Trinajstić information content (AvgIpc) is 2.76. The topological polar surface area (TPSA) is 55.6 Å². The zero-order chi connectivity index (χ0) is 15.5. The standard InChI is InChI=1S/C15H20F2N2O2/c1-21-10-15(8-14(18)20)5-2-6-19(15)9-11-7-12(16)3-4-13(11)17/h3-4,7H,2,5-6,8-10H2,1H3,(H2,18,20)/t15-/m1/s1. The van der Waals surface area contributed by atoms with E-state index >= 15 is 0 Å². The normalized spacial score (nSPS) is 22.6. The zero-order valence-corrected chi connectivity index (χ0v) is 12.1. The van der Waals surface area contributed by atoms with Gasteiger partial charge in [-0.25, -0.2) is 8.78 Å². The van der Waals surface area contributed by atoms with Crippen molar-refractivity contribution in [3.63, 3.8) is 0 Å². The van der Waals surface area contributed by atoms with Gasteiger partial charge in [0.2, 0.25) is 5.91 Å². The van der Waals surface area contributed by atoms with E-state index in [1.165, 1.54) is 6.07 Å². The Kier molecular flexibility index (Phi) is 4.90. The van der Waals surface area contributed by atoms with E-state index in [0.717, 1.165) is 25.0 Å². The highest BCUT2D eigenvalue weighted by atomic mass is 19.1. The summed E-state index contributed by atoms with van der Waals surface area (Å²) in [7, 11) is 1.56. The van der Waals surface area contributed by atoms with Crippen LogP contribution in [0.2, 0.25) is 0 Å². The summed E-state index contributed by atoms with van der Waals surface area (Å²) in [5.41, 5.74) is 5.09. The van der Waals surface area contributed by atoms with Crippen LogP contribution in [-0.2, 0) is 16.1 Å². The van der Waals surface area contributed by atoms with Gasteiger partial charge in [0.05, 0.1) is 12.1 Å². The summed E-state index contributed by atoms with van der Waals surface area (Å²) in [5.74, 6) is -1.34. The first-order valence-corrected chi connectivity index (χ1v) is 6.93. The Morgan fingerprint density at radius 1 is 1.48 bits per heavy atom. The molecule has 0 radical (unpaired) electrons. The molecule has 1 amide bonds. The monoisotopic (exact) mass is 298 g/mol. The second-order valence-corrected chi connectivity index (χ2v) is 5.56. The van der Waals surface area contributed by atoms with Crippen molar-refractivity contribution in [3.8, 4) is 0 Å². The van der Waals surface area contributed by atoms with Gasteiger partial charge >= 0.3 is 0 Å². The third-order valence-corrected chi connectivity index (χ3v) is 4.03. The fourth-order valence-corrected chi connectivity index (χ4v) is 3.12. The van der Waals surface area contributed by atoms with E-state index in [1.807, 2.05) is 4.90 Å². The van der Waals surface area contributed by atoms with Gasteiger partial charge < -0.3 is 10.5 Å². The number of carbonyl (C=O) groups is 1. The van der Waals surface area contributed by atoms with Crippen molar-refractivity contribution >= 4 is 5.91 Å². The first-order valence-electron chi connectivity index (χ1n) is 6.93. The quantitative estimate of drug-likeness (QED) is 0.871. The fourth-order valence-electron chi connectivity index (χ4n) is 3.12. The molecule has 0 bridgehead atoms. The maximum atomic E-state index is 13.8. The molecule has 0 spiro atoms. The second kappa shape index (κ2) is 6.49. The molecule has 0 aromatic heterocycles. The predicted molar refractivity (Wildman–Crippen MR) is 74.4 cm³/mol. The lowest BCUT2D eigenvalue weighted by Crippen LogP contribution is -2.49. The smallest absolute Gasteiger partial charge is 0.219 e. The Balaban J connectivity index is 2.23. The van der Waals surface area contributed by atoms with E-state index in [0.29, 0.717) is 13.2 Å². The molecule has 21 heavy (non-hydrogen) atoms. The average molecular weight is 298 g/mol. The van der Waals surface area contributed by atoms with Crippen LogP contribution in [0, 0.1) is 11.6 Å². The van der Waals surface area contributed by atoms with E-state index in [1.54, 1.807) is 7.11 Å². The van der Waals surface area contributed by atoms with Gasteiger partial charge in [-0.1, -0.05) is 0 Å². The van der Waals surface area contributed by atoms with Crippen LogP contribution in [0.5, 0.6) is 0 Å². The van der Waals surface area contributed by atoms with Crippen molar-refractivity contribution in [3.05, 3.63) is 35.4 Å². The summed E-state index contributed by atoms with van der Waals surface area (Å²) in [6.07, 6.45) is 1.77. The summed E-state index contributed by atoms with van der Waals surface area (Å²) in [4.78, 5) is 13.3. The number of rotatable bonds is 6. The van der Waals surface area contributed by atoms with Gasteiger partial charge in [0.15, 0.2) is 0 Å². The zero-order valence-electron chi connectivity index (χ0n) is 12.1. The van der Waals surface area contributed by atoms with Crippen LogP contribution in [0.15, 0.2) is 18.2 Å². The molecule has 2 N–H and O–H groups in total. The van der Waals surface area contributed by atoms with Crippen molar-refractivity contribution in [2.24, 2.45) is 5.73 Å². The lowest BCUT2D eigenvalue weighted by atomic mass is 9.92. The molecule has 1 heterocycles. The van der Waals surface area contributed by atoms with Crippen LogP contribution >= 0.6 is 0 Å². The maximum absolute atomic E-state index is 13.8. The third-order valence-electron chi connectivity index (χ3n) is 4.03. The second-order valence-electron chi connectivity index (χ2n) is 5.56. The molecule has 1 aromatic rings. The minimum Gasteiger partial charge on any atom is -0.383 e. The van der Waals surface area contributed by atoms with E-state index in [-0.39, 0.29) is 18.5 Å². The lowest BCUT2D eigenvalue weighted by molar-refractivity contribution is -0.121. The highest BCUT2D eigenvalue weighted by Crippen LogP contribution is 2.34. The molecule has 0 unspecified atom stereocenters. The molecule has 116 valence electrons. The fraction of sp³-hybridized carbons (Fsp3) is 0.533. The highest BCUT2D eigenvalue weighted by Gasteiger charge is 2.42. The number of primary amides is 1. The van der Waals surface area contributed by atoms with Crippen molar-refractivity contribution in [2.75, 3.05) is 20.3 Å². The van der Waals surface area contributed by atoms with Crippen molar-refractivity contribution in [1.82, 2.24) is 4.90 Å².